The molecule has 1 fully saturated rings. The average molecular weight is 273 g/mol. The van der Waals surface area contributed by atoms with Crippen LogP contribution in [0.2, 0.25) is 0 Å². The van der Waals surface area contributed by atoms with Crippen LogP contribution in [-0.2, 0) is 5.41 Å². The molecule has 2 rings (SSSR count). The molecule has 20 heavy (non-hydrogen) atoms. The summed E-state index contributed by atoms with van der Waals surface area (Å²) in [4.78, 5) is 0. The number of hydrogen-bond donors (Lipinski definition) is 1. The van der Waals surface area contributed by atoms with Gasteiger partial charge in [-0.2, -0.15) is 0 Å². The van der Waals surface area contributed by atoms with Crippen LogP contribution in [0.4, 0.5) is 0 Å². The summed E-state index contributed by atoms with van der Waals surface area (Å²) in [6, 6.07) is 12.2. The van der Waals surface area contributed by atoms with E-state index >= 15 is 0 Å². The van der Waals surface area contributed by atoms with Crippen LogP contribution in [0.15, 0.2) is 30.3 Å². The third-order valence-corrected chi connectivity index (χ3v) is 4.70. The highest BCUT2D eigenvalue weighted by Crippen LogP contribution is 2.34. The van der Waals surface area contributed by atoms with Crippen LogP contribution in [0.1, 0.15) is 65.4 Å². The summed E-state index contributed by atoms with van der Waals surface area (Å²) in [7, 11) is 0. The highest BCUT2D eigenvalue weighted by molar-refractivity contribution is 5.23. The molecule has 1 aromatic carbocycles. The molecule has 0 radical (unpaired) electrons. The maximum absolute atomic E-state index is 3.86. The molecule has 112 valence electrons. The Kier molecular flexibility index (Phi) is 5.26. The third kappa shape index (κ3) is 4.63. The van der Waals surface area contributed by atoms with Gasteiger partial charge >= 0.3 is 0 Å². The van der Waals surface area contributed by atoms with Crippen molar-refractivity contribution in [3.63, 3.8) is 0 Å². The van der Waals surface area contributed by atoms with Crippen LogP contribution in [0, 0.1) is 5.92 Å². The maximum Gasteiger partial charge on any atom is 0.00695 e. The fourth-order valence-electron chi connectivity index (χ4n) is 3.34. The first kappa shape index (κ1) is 15.6. The van der Waals surface area contributed by atoms with Gasteiger partial charge in [0.2, 0.25) is 0 Å². The number of rotatable bonds is 8. The van der Waals surface area contributed by atoms with E-state index in [1.807, 2.05) is 0 Å². The molecule has 0 spiro atoms. The minimum Gasteiger partial charge on any atom is -0.311 e. The first-order valence-electron chi connectivity index (χ1n) is 8.33. The fourth-order valence-corrected chi connectivity index (χ4v) is 3.34. The van der Waals surface area contributed by atoms with Gasteiger partial charge in [0.25, 0.3) is 0 Å². The van der Waals surface area contributed by atoms with Gasteiger partial charge in [0.1, 0.15) is 0 Å². The molecule has 0 heterocycles. The molecule has 1 N–H and O–H groups in total. The molecule has 1 aromatic rings. The van der Waals surface area contributed by atoms with Gasteiger partial charge < -0.3 is 5.32 Å². The van der Waals surface area contributed by atoms with Crippen LogP contribution >= 0.6 is 0 Å². The summed E-state index contributed by atoms with van der Waals surface area (Å²) in [5, 5.41) is 3.86. The molecule has 0 aromatic heterocycles. The Hall–Kier alpha value is -0.820. The van der Waals surface area contributed by atoms with Gasteiger partial charge in [0.05, 0.1) is 0 Å². The highest BCUT2D eigenvalue weighted by atomic mass is 14.9. The molecule has 0 saturated heterocycles. The minimum absolute atomic E-state index is 0.242. The van der Waals surface area contributed by atoms with Crippen molar-refractivity contribution in [1.29, 1.82) is 0 Å². The quantitative estimate of drug-likeness (QED) is 0.709. The smallest absolute Gasteiger partial charge is 0.00695 e. The topological polar surface area (TPSA) is 12.0 Å². The second-order valence-electron chi connectivity index (χ2n) is 7.31. The van der Waals surface area contributed by atoms with Crippen molar-refractivity contribution in [2.24, 2.45) is 5.92 Å². The molecule has 0 amide bonds. The predicted octanol–water partition coefficient (Wildman–Crippen LogP) is 4.91. The van der Waals surface area contributed by atoms with E-state index in [9.17, 15) is 0 Å². The molecule has 2 unspecified atom stereocenters. The lowest BCUT2D eigenvalue weighted by Gasteiger charge is -2.31. The minimum atomic E-state index is 0.242. The first-order valence-corrected chi connectivity index (χ1v) is 8.33. The van der Waals surface area contributed by atoms with Crippen molar-refractivity contribution in [2.75, 3.05) is 0 Å². The van der Waals surface area contributed by atoms with E-state index in [1.54, 1.807) is 0 Å². The van der Waals surface area contributed by atoms with Crippen molar-refractivity contribution in [3.8, 4) is 0 Å². The average Bonchev–Trinajstić information content (AvgIpc) is 3.22. The molecule has 1 heteroatoms. The van der Waals surface area contributed by atoms with Crippen molar-refractivity contribution in [2.45, 2.75) is 77.3 Å². The summed E-state index contributed by atoms with van der Waals surface area (Å²) in [5.41, 5.74) is 1.69. The monoisotopic (exact) mass is 273 g/mol. The van der Waals surface area contributed by atoms with Crippen molar-refractivity contribution in [3.05, 3.63) is 35.9 Å². The van der Waals surface area contributed by atoms with Gasteiger partial charge in [-0.25, -0.2) is 0 Å². The van der Waals surface area contributed by atoms with Crippen molar-refractivity contribution in [1.82, 2.24) is 5.32 Å². The van der Waals surface area contributed by atoms with E-state index in [2.05, 4.69) is 63.3 Å². The highest BCUT2D eigenvalue weighted by Gasteiger charge is 2.27. The summed E-state index contributed by atoms with van der Waals surface area (Å²) >= 11 is 0. The molecule has 1 aliphatic carbocycles. The van der Waals surface area contributed by atoms with E-state index in [0.717, 1.165) is 5.92 Å². The van der Waals surface area contributed by atoms with Gasteiger partial charge in [0.15, 0.2) is 0 Å². The molecule has 1 nitrogen and oxygen atoms in total. The molecule has 0 aliphatic heterocycles. The van der Waals surface area contributed by atoms with Crippen LogP contribution < -0.4 is 5.32 Å². The van der Waals surface area contributed by atoms with Crippen molar-refractivity contribution >= 4 is 0 Å². The zero-order valence-electron chi connectivity index (χ0n) is 13.7. The Morgan fingerprint density at radius 2 is 1.85 bits per heavy atom. The predicted molar refractivity (Wildman–Crippen MR) is 88.1 cm³/mol. The van der Waals surface area contributed by atoms with Gasteiger partial charge in [-0.3, -0.25) is 0 Å². The summed E-state index contributed by atoms with van der Waals surface area (Å²) in [6.45, 7) is 9.39. The van der Waals surface area contributed by atoms with Gasteiger partial charge in [-0.05, 0) is 43.1 Å². The lowest BCUT2D eigenvalue weighted by Crippen LogP contribution is -2.40. The SMILES string of the molecule is CCC(CC1CC1)NC(C)CC(C)(C)c1ccccc1. The van der Waals surface area contributed by atoms with Crippen LogP contribution in [0.25, 0.3) is 0 Å². The molecular weight excluding hydrogens is 242 g/mol. The van der Waals surface area contributed by atoms with Crippen molar-refractivity contribution < 1.29 is 0 Å². The molecule has 0 bridgehead atoms. The fraction of sp³-hybridized carbons (Fsp3) is 0.684. The van der Waals surface area contributed by atoms with E-state index < -0.39 is 0 Å². The first-order chi connectivity index (χ1) is 9.51. The normalized spacial score (nSPS) is 18.8. The standard InChI is InChI=1S/C19H31N/c1-5-18(13-16-11-12-16)20-15(2)14-19(3,4)17-9-7-6-8-10-17/h6-10,15-16,18,20H,5,11-14H2,1-4H3. The van der Waals surface area contributed by atoms with Crippen LogP contribution in [0.3, 0.4) is 0 Å². The Bertz CT molecular complexity index is 391. The van der Waals surface area contributed by atoms with E-state index in [4.69, 9.17) is 0 Å². The Labute approximate surface area is 125 Å². The lowest BCUT2D eigenvalue weighted by molar-refractivity contribution is 0.335. The third-order valence-electron chi connectivity index (χ3n) is 4.70. The van der Waals surface area contributed by atoms with Gasteiger partial charge in [-0.1, -0.05) is 63.9 Å². The Morgan fingerprint density at radius 1 is 1.20 bits per heavy atom. The second kappa shape index (κ2) is 6.76. The summed E-state index contributed by atoms with van der Waals surface area (Å²) in [6.07, 6.45) is 6.75. The van der Waals surface area contributed by atoms with Crippen LogP contribution in [0.5, 0.6) is 0 Å². The largest absolute Gasteiger partial charge is 0.311 e. The molecular formula is C19H31N. The molecule has 1 saturated carbocycles. The Morgan fingerprint density at radius 3 is 2.40 bits per heavy atom. The summed E-state index contributed by atoms with van der Waals surface area (Å²) < 4.78 is 0. The number of benzene rings is 1. The van der Waals surface area contributed by atoms with Gasteiger partial charge in [-0.15, -0.1) is 0 Å². The lowest BCUT2D eigenvalue weighted by atomic mass is 9.79. The van der Waals surface area contributed by atoms with E-state index in [1.165, 1.54) is 37.7 Å². The van der Waals surface area contributed by atoms with E-state index in [-0.39, 0.29) is 5.41 Å². The molecule has 2 atom stereocenters. The van der Waals surface area contributed by atoms with Gasteiger partial charge in [0, 0.05) is 12.1 Å². The number of nitrogens with one attached hydrogen (secondary N) is 1. The molecule has 1 aliphatic rings. The zero-order valence-corrected chi connectivity index (χ0v) is 13.7. The Balaban J connectivity index is 1.87. The number of hydrogen-bond acceptors (Lipinski definition) is 1. The van der Waals surface area contributed by atoms with Crippen LogP contribution in [-0.4, -0.2) is 12.1 Å². The zero-order chi connectivity index (χ0) is 14.6. The van der Waals surface area contributed by atoms with E-state index in [0.29, 0.717) is 12.1 Å². The summed E-state index contributed by atoms with van der Waals surface area (Å²) in [5.74, 6) is 1.02. The second-order valence-corrected chi connectivity index (χ2v) is 7.31. The maximum atomic E-state index is 3.86.